The predicted octanol–water partition coefficient (Wildman–Crippen LogP) is 0.590. The molecule has 2 N–H and O–H groups in total. The number of carbonyl (C=O) groups is 1. The van der Waals surface area contributed by atoms with Crippen molar-refractivity contribution in [2.24, 2.45) is 5.73 Å². The third-order valence-corrected chi connectivity index (χ3v) is 2.39. The van der Waals surface area contributed by atoms with E-state index in [-0.39, 0.29) is 24.9 Å². The van der Waals surface area contributed by atoms with Gasteiger partial charge in [-0.2, -0.15) is 0 Å². The van der Waals surface area contributed by atoms with E-state index in [0.717, 1.165) is 11.8 Å². The summed E-state index contributed by atoms with van der Waals surface area (Å²) < 4.78 is 25.7. The van der Waals surface area contributed by atoms with Crippen LogP contribution in [0, 0.1) is 0 Å². The van der Waals surface area contributed by atoms with Crippen LogP contribution in [0.15, 0.2) is 0 Å². The molecule has 0 aromatic rings. The Bertz CT molecular complexity index is 215. The Morgan fingerprint density at radius 1 is 1.69 bits per heavy atom. The van der Waals surface area contributed by atoms with E-state index in [1.54, 1.807) is 0 Å². The molecule has 0 aromatic carbocycles. The van der Waals surface area contributed by atoms with Crippen molar-refractivity contribution < 1.29 is 13.6 Å². The highest BCUT2D eigenvalue weighted by Crippen LogP contribution is 2.25. The van der Waals surface area contributed by atoms with Crippen LogP contribution in [0.3, 0.4) is 0 Å². The van der Waals surface area contributed by atoms with Crippen molar-refractivity contribution in [3.8, 4) is 0 Å². The van der Waals surface area contributed by atoms with Crippen LogP contribution in [0.4, 0.5) is 8.78 Å². The number of rotatable bonds is 2. The lowest BCUT2D eigenvalue weighted by molar-refractivity contribution is -0.137. The summed E-state index contributed by atoms with van der Waals surface area (Å²) in [6.07, 6.45) is 0.181. The second kappa shape index (κ2) is 3.21. The molecule has 0 radical (unpaired) electrons. The van der Waals surface area contributed by atoms with Crippen LogP contribution >= 0.6 is 0 Å². The van der Waals surface area contributed by atoms with Gasteiger partial charge in [-0.15, -0.1) is 0 Å². The van der Waals surface area contributed by atoms with Crippen molar-refractivity contribution in [3.63, 3.8) is 0 Å². The van der Waals surface area contributed by atoms with E-state index in [1.807, 2.05) is 0 Å². The Morgan fingerprint density at radius 3 is 2.54 bits per heavy atom. The third-order valence-electron chi connectivity index (χ3n) is 2.39. The Morgan fingerprint density at radius 2 is 2.23 bits per heavy atom. The number of amides is 1. The molecule has 1 fully saturated rings. The van der Waals surface area contributed by atoms with Gasteiger partial charge < -0.3 is 10.6 Å². The van der Waals surface area contributed by atoms with Crippen molar-refractivity contribution in [2.45, 2.75) is 38.3 Å². The molecule has 1 aliphatic heterocycles. The highest BCUT2D eigenvalue weighted by atomic mass is 19.3. The molecule has 1 amide bonds. The standard InChI is InChI=1S/C8H14F2N2O/c1-5(8(2,9)10)12-4-6(11)3-7(12)13/h5-6H,3-4,11H2,1-2H3. The Labute approximate surface area is 75.9 Å². The largest absolute Gasteiger partial charge is 0.332 e. The molecular weight excluding hydrogens is 178 g/mol. The zero-order chi connectivity index (χ0) is 10.2. The van der Waals surface area contributed by atoms with Crippen LogP contribution in [0.1, 0.15) is 20.3 Å². The Hall–Kier alpha value is -0.710. The summed E-state index contributed by atoms with van der Waals surface area (Å²) in [7, 11) is 0. The SMILES string of the molecule is CC(N1CC(N)CC1=O)C(C)(F)F. The van der Waals surface area contributed by atoms with Crippen molar-refractivity contribution in [2.75, 3.05) is 6.54 Å². The lowest BCUT2D eigenvalue weighted by atomic mass is 10.2. The summed E-state index contributed by atoms with van der Waals surface area (Å²) in [5, 5.41) is 0. The average Bonchev–Trinajstić information content (AvgIpc) is 2.26. The fourth-order valence-electron chi connectivity index (χ4n) is 1.41. The fourth-order valence-corrected chi connectivity index (χ4v) is 1.41. The molecule has 1 saturated heterocycles. The second-order valence-corrected chi connectivity index (χ2v) is 3.64. The lowest BCUT2D eigenvalue weighted by Crippen LogP contribution is -2.45. The van der Waals surface area contributed by atoms with E-state index < -0.39 is 12.0 Å². The number of halogens is 2. The summed E-state index contributed by atoms with van der Waals surface area (Å²) >= 11 is 0. The molecule has 3 nitrogen and oxygen atoms in total. The van der Waals surface area contributed by atoms with Gasteiger partial charge in [-0.05, 0) is 6.92 Å². The summed E-state index contributed by atoms with van der Waals surface area (Å²) in [6.45, 7) is 2.40. The smallest absolute Gasteiger partial charge is 0.265 e. The van der Waals surface area contributed by atoms with Crippen LogP contribution in [0.2, 0.25) is 0 Å². The number of nitrogens with two attached hydrogens (primary N) is 1. The molecule has 5 heteroatoms. The zero-order valence-corrected chi connectivity index (χ0v) is 7.76. The predicted molar refractivity (Wildman–Crippen MR) is 44.4 cm³/mol. The maximum Gasteiger partial charge on any atom is 0.265 e. The lowest BCUT2D eigenvalue weighted by Gasteiger charge is -2.29. The van der Waals surface area contributed by atoms with E-state index >= 15 is 0 Å². The number of hydrogen-bond donors (Lipinski definition) is 1. The average molecular weight is 192 g/mol. The molecule has 13 heavy (non-hydrogen) atoms. The molecule has 0 spiro atoms. The minimum Gasteiger partial charge on any atom is -0.332 e. The first-order chi connectivity index (χ1) is 5.82. The maximum atomic E-state index is 12.8. The first-order valence-corrected chi connectivity index (χ1v) is 4.25. The molecule has 0 saturated carbocycles. The van der Waals surface area contributed by atoms with Gasteiger partial charge in [0.2, 0.25) is 5.91 Å². The van der Waals surface area contributed by atoms with Gasteiger partial charge >= 0.3 is 0 Å². The zero-order valence-electron chi connectivity index (χ0n) is 7.76. The Kier molecular flexibility index (Phi) is 2.56. The second-order valence-electron chi connectivity index (χ2n) is 3.64. The van der Waals surface area contributed by atoms with Gasteiger partial charge in [0.15, 0.2) is 0 Å². The molecule has 2 unspecified atom stereocenters. The topological polar surface area (TPSA) is 46.3 Å². The number of carbonyl (C=O) groups excluding carboxylic acids is 1. The molecule has 0 aliphatic carbocycles. The van der Waals surface area contributed by atoms with Crippen molar-refractivity contribution in [1.29, 1.82) is 0 Å². The van der Waals surface area contributed by atoms with Crippen LogP contribution in [-0.4, -0.2) is 35.4 Å². The molecule has 1 aliphatic rings. The maximum absolute atomic E-state index is 12.8. The van der Waals surface area contributed by atoms with Gasteiger partial charge in [0.05, 0.1) is 6.04 Å². The van der Waals surface area contributed by atoms with Gasteiger partial charge in [0.1, 0.15) is 0 Å². The van der Waals surface area contributed by atoms with Crippen LogP contribution in [-0.2, 0) is 4.79 Å². The molecule has 0 aromatic heterocycles. The quantitative estimate of drug-likeness (QED) is 0.696. The van der Waals surface area contributed by atoms with E-state index in [0.29, 0.717) is 0 Å². The monoisotopic (exact) mass is 192 g/mol. The number of alkyl halides is 2. The van der Waals surface area contributed by atoms with E-state index in [2.05, 4.69) is 0 Å². The normalized spacial score (nSPS) is 26.7. The molecular formula is C8H14F2N2O. The molecule has 1 heterocycles. The molecule has 1 rings (SSSR count). The van der Waals surface area contributed by atoms with Crippen molar-refractivity contribution in [1.82, 2.24) is 4.90 Å². The van der Waals surface area contributed by atoms with Crippen LogP contribution < -0.4 is 5.73 Å². The number of nitrogens with zero attached hydrogens (tertiary/aromatic N) is 1. The highest BCUT2D eigenvalue weighted by Gasteiger charge is 2.40. The first kappa shape index (κ1) is 10.4. The van der Waals surface area contributed by atoms with E-state index in [1.165, 1.54) is 6.92 Å². The number of likely N-dealkylation sites (tertiary alicyclic amines) is 1. The Balaban J connectivity index is 2.68. The summed E-state index contributed by atoms with van der Waals surface area (Å²) in [5.41, 5.74) is 5.49. The van der Waals surface area contributed by atoms with Gasteiger partial charge in [0.25, 0.3) is 5.92 Å². The third kappa shape index (κ3) is 2.15. The minimum absolute atomic E-state index is 0.181. The highest BCUT2D eigenvalue weighted by molar-refractivity contribution is 5.79. The summed E-state index contributed by atoms with van der Waals surface area (Å²) in [6, 6.07) is -1.36. The van der Waals surface area contributed by atoms with Gasteiger partial charge in [-0.3, -0.25) is 4.79 Å². The van der Waals surface area contributed by atoms with Crippen molar-refractivity contribution >= 4 is 5.91 Å². The summed E-state index contributed by atoms with van der Waals surface area (Å²) in [4.78, 5) is 12.3. The van der Waals surface area contributed by atoms with E-state index in [9.17, 15) is 13.6 Å². The van der Waals surface area contributed by atoms with Gasteiger partial charge in [-0.1, -0.05) is 0 Å². The first-order valence-electron chi connectivity index (χ1n) is 4.25. The van der Waals surface area contributed by atoms with Gasteiger partial charge in [-0.25, -0.2) is 8.78 Å². The molecule has 0 bridgehead atoms. The number of hydrogen-bond acceptors (Lipinski definition) is 2. The van der Waals surface area contributed by atoms with Gasteiger partial charge in [0, 0.05) is 25.9 Å². The van der Waals surface area contributed by atoms with Crippen molar-refractivity contribution in [3.05, 3.63) is 0 Å². The van der Waals surface area contributed by atoms with Crippen LogP contribution in [0.25, 0.3) is 0 Å². The molecule has 2 atom stereocenters. The summed E-state index contributed by atoms with van der Waals surface area (Å²) in [5.74, 6) is -3.14. The minimum atomic E-state index is -2.86. The van der Waals surface area contributed by atoms with E-state index in [4.69, 9.17) is 5.73 Å². The van der Waals surface area contributed by atoms with Crippen LogP contribution in [0.5, 0.6) is 0 Å². The molecule has 76 valence electrons. The fraction of sp³-hybridized carbons (Fsp3) is 0.875.